The van der Waals surface area contributed by atoms with Gasteiger partial charge in [0.2, 0.25) is 0 Å². The molecule has 2 amide bonds. The van der Waals surface area contributed by atoms with Crippen LogP contribution in [-0.2, 0) is 18.4 Å². The van der Waals surface area contributed by atoms with E-state index in [1.54, 1.807) is 10.9 Å². The molecule has 0 unspecified atom stereocenters. The van der Waals surface area contributed by atoms with Gasteiger partial charge in [0.25, 0.3) is 0 Å². The van der Waals surface area contributed by atoms with E-state index < -0.39 is 5.97 Å². The quantitative estimate of drug-likeness (QED) is 0.675. The Kier molecular flexibility index (Phi) is 6.71. The third-order valence-corrected chi connectivity index (χ3v) is 3.02. The Labute approximate surface area is 124 Å². The maximum atomic E-state index is 11.7. The van der Waals surface area contributed by atoms with Crippen molar-refractivity contribution in [3.63, 3.8) is 0 Å². The van der Waals surface area contributed by atoms with Crippen LogP contribution in [-0.4, -0.2) is 33.4 Å². The molecule has 0 saturated heterocycles. The van der Waals surface area contributed by atoms with Crippen molar-refractivity contribution in [2.45, 2.75) is 33.2 Å². The van der Waals surface area contributed by atoms with Crippen molar-refractivity contribution in [2.75, 3.05) is 6.54 Å². The average Bonchev–Trinajstić information content (AvgIpc) is 2.78. The lowest BCUT2D eigenvalue weighted by molar-refractivity contribution is -0.138. The molecule has 1 atom stereocenters. The maximum absolute atomic E-state index is 11.7. The summed E-state index contributed by atoms with van der Waals surface area (Å²) in [6.07, 6.45) is 2.64. The lowest BCUT2D eigenvalue weighted by atomic mass is 9.94. The van der Waals surface area contributed by atoms with Gasteiger partial charge in [-0.25, -0.2) is 4.79 Å². The van der Waals surface area contributed by atoms with Gasteiger partial charge in [0, 0.05) is 26.2 Å². The van der Waals surface area contributed by atoms with E-state index in [1.165, 1.54) is 0 Å². The van der Waals surface area contributed by atoms with E-state index in [-0.39, 0.29) is 18.4 Å². The van der Waals surface area contributed by atoms with E-state index in [1.807, 2.05) is 27.0 Å². The Morgan fingerprint density at radius 1 is 1.38 bits per heavy atom. The fraction of sp³-hybridized carbons (Fsp3) is 0.643. The molecule has 0 aliphatic heterocycles. The first-order valence-electron chi connectivity index (χ1n) is 7.08. The van der Waals surface area contributed by atoms with Crippen LogP contribution in [0.15, 0.2) is 12.3 Å². The van der Waals surface area contributed by atoms with E-state index in [0.717, 1.165) is 12.1 Å². The summed E-state index contributed by atoms with van der Waals surface area (Å²) in [5, 5.41) is 18.5. The zero-order valence-electron chi connectivity index (χ0n) is 12.8. The zero-order valence-corrected chi connectivity index (χ0v) is 12.8. The van der Waals surface area contributed by atoms with Gasteiger partial charge in [-0.1, -0.05) is 13.8 Å². The molecule has 3 N–H and O–H groups in total. The van der Waals surface area contributed by atoms with Gasteiger partial charge >= 0.3 is 12.0 Å². The minimum absolute atomic E-state index is 0.0527. The number of aliphatic carboxylic acids is 1. The number of aromatic nitrogens is 2. The van der Waals surface area contributed by atoms with Crippen LogP contribution >= 0.6 is 0 Å². The van der Waals surface area contributed by atoms with E-state index in [9.17, 15) is 9.59 Å². The van der Waals surface area contributed by atoms with E-state index >= 15 is 0 Å². The summed E-state index contributed by atoms with van der Waals surface area (Å²) >= 11 is 0. The molecule has 0 aliphatic carbocycles. The zero-order chi connectivity index (χ0) is 15.8. The molecule has 0 saturated carbocycles. The van der Waals surface area contributed by atoms with Crippen molar-refractivity contribution in [1.29, 1.82) is 0 Å². The third-order valence-electron chi connectivity index (χ3n) is 3.02. The van der Waals surface area contributed by atoms with Crippen molar-refractivity contribution in [3.8, 4) is 0 Å². The summed E-state index contributed by atoms with van der Waals surface area (Å²) in [7, 11) is 1.81. The van der Waals surface area contributed by atoms with Crippen molar-refractivity contribution in [1.82, 2.24) is 20.4 Å². The first kappa shape index (κ1) is 17.0. The molecule has 7 heteroatoms. The molecule has 0 bridgehead atoms. The van der Waals surface area contributed by atoms with E-state index in [0.29, 0.717) is 19.0 Å². The predicted molar refractivity (Wildman–Crippen MR) is 78.6 cm³/mol. The summed E-state index contributed by atoms with van der Waals surface area (Å²) in [6, 6.07) is 1.52. The van der Waals surface area contributed by atoms with Gasteiger partial charge in [0.1, 0.15) is 0 Å². The highest BCUT2D eigenvalue weighted by molar-refractivity contribution is 5.74. The Morgan fingerprint density at radius 3 is 2.62 bits per heavy atom. The van der Waals surface area contributed by atoms with Crippen LogP contribution in [0.4, 0.5) is 4.79 Å². The van der Waals surface area contributed by atoms with Crippen LogP contribution in [0.2, 0.25) is 0 Å². The van der Waals surface area contributed by atoms with Crippen LogP contribution in [0.25, 0.3) is 0 Å². The number of nitrogens with one attached hydrogen (secondary N) is 2. The Bertz CT molecular complexity index is 471. The number of nitrogens with zero attached hydrogens (tertiary/aromatic N) is 2. The van der Waals surface area contributed by atoms with Crippen molar-refractivity contribution in [2.24, 2.45) is 18.9 Å². The SMILES string of the molecule is CC(C)C[C@H](CNC(=O)NCc1ccn(C)n1)CC(=O)O. The molecule has 1 aromatic heterocycles. The molecule has 0 fully saturated rings. The second kappa shape index (κ2) is 8.28. The van der Waals surface area contributed by atoms with Gasteiger partial charge < -0.3 is 15.7 Å². The molecule has 0 radical (unpaired) electrons. The summed E-state index contributed by atoms with van der Waals surface area (Å²) < 4.78 is 1.67. The molecule has 0 aromatic carbocycles. The molecule has 0 aliphatic rings. The topological polar surface area (TPSA) is 96.3 Å². The van der Waals surface area contributed by atoms with Gasteiger partial charge in [-0.2, -0.15) is 5.10 Å². The number of rotatable bonds is 8. The Balaban J connectivity index is 2.33. The second-order valence-corrected chi connectivity index (χ2v) is 5.64. The van der Waals surface area contributed by atoms with Gasteiger partial charge in [0.15, 0.2) is 0 Å². The number of urea groups is 1. The van der Waals surface area contributed by atoms with Gasteiger partial charge in [-0.05, 0) is 24.3 Å². The van der Waals surface area contributed by atoms with Crippen molar-refractivity contribution >= 4 is 12.0 Å². The fourth-order valence-corrected chi connectivity index (χ4v) is 2.18. The largest absolute Gasteiger partial charge is 0.481 e. The highest BCUT2D eigenvalue weighted by Gasteiger charge is 2.16. The van der Waals surface area contributed by atoms with Gasteiger partial charge in [-0.3, -0.25) is 9.48 Å². The maximum Gasteiger partial charge on any atom is 0.315 e. The molecule has 7 nitrogen and oxygen atoms in total. The normalized spacial score (nSPS) is 12.2. The van der Waals surface area contributed by atoms with Crippen molar-refractivity contribution in [3.05, 3.63) is 18.0 Å². The number of hydrogen-bond donors (Lipinski definition) is 3. The Morgan fingerprint density at radius 2 is 2.10 bits per heavy atom. The van der Waals surface area contributed by atoms with Crippen LogP contribution in [0.1, 0.15) is 32.4 Å². The van der Waals surface area contributed by atoms with Gasteiger partial charge in [0.05, 0.1) is 12.2 Å². The summed E-state index contributed by atoms with van der Waals surface area (Å²) in [4.78, 5) is 22.5. The predicted octanol–water partition coefficient (Wildman–Crippen LogP) is 1.36. The van der Waals surface area contributed by atoms with Gasteiger partial charge in [-0.15, -0.1) is 0 Å². The lowest BCUT2D eigenvalue weighted by Crippen LogP contribution is -2.38. The fourth-order valence-electron chi connectivity index (χ4n) is 2.18. The summed E-state index contributed by atoms with van der Waals surface area (Å²) in [5.74, 6) is -0.493. The lowest BCUT2D eigenvalue weighted by Gasteiger charge is -2.17. The minimum Gasteiger partial charge on any atom is -0.481 e. The minimum atomic E-state index is -0.837. The molecule has 1 heterocycles. The highest BCUT2D eigenvalue weighted by Crippen LogP contribution is 2.14. The number of hydrogen-bond acceptors (Lipinski definition) is 3. The molecular formula is C14H24N4O3. The van der Waals surface area contributed by atoms with E-state index in [4.69, 9.17) is 5.11 Å². The van der Waals surface area contributed by atoms with Crippen LogP contribution in [0.3, 0.4) is 0 Å². The molecular weight excluding hydrogens is 272 g/mol. The first-order chi connectivity index (χ1) is 9.86. The number of carbonyl (C=O) groups excluding carboxylic acids is 1. The average molecular weight is 296 g/mol. The Hall–Kier alpha value is -2.05. The standard InChI is InChI=1S/C14H24N4O3/c1-10(2)6-11(7-13(19)20)8-15-14(21)16-9-12-4-5-18(3)17-12/h4-5,10-11H,6-9H2,1-3H3,(H,19,20)(H2,15,16,21)/t11-/m0/s1. The highest BCUT2D eigenvalue weighted by atomic mass is 16.4. The van der Waals surface area contributed by atoms with Crippen LogP contribution < -0.4 is 10.6 Å². The molecule has 1 aromatic rings. The van der Waals surface area contributed by atoms with Crippen LogP contribution in [0, 0.1) is 11.8 Å². The molecule has 1 rings (SSSR count). The van der Waals surface area contributed by atoms with Crippen LogP contribution in [0.5, 0.6) is 0 Å². The third kappa shape index (κ3) is 7.34. The second-order valence-electron chi connectivity index (χ2n) is 5.64. The van der Waals surface area contributed by atoms with Crippen molar-refractivity contribution < 1.29 is 14.7 Å². The molecule has 0 spiro atoms. The molecule has 21 heavy (non-hydrogen) atoms. The number of amides is 2. The number of aryl methyl sites for hydroxylation is 1. The number of carboxylic acids is 1. The monoisotopic (exact) mass is 296 g/mol. The number of carbonyl (C=O) groups is 2. The van der Waals surface area contributed by atoms with E-state index in [2.05, 4.69) is 15.7 Å². The molecule has 118 valence electrons. The first-order valence-corrected chi connectivity index (χ1v) is 7.08. The smallest absolute Gasteiger partial charge is 0.315 e. The number of carboxylic acid groups (broad SMARTS) is 1. The summed E-state index contributed by atoms with van der Waals surface area (Å²) in [5.41, 5.74) is 0.775. The summed E-state index contributed by atoms with van der Waals surface area (Å²) in [6.45, 7) is 4.78.